The van der Waals surface area contributed by atoms with E-state index in [1.165, 1.54) is 7.05 Å². The molecule has 0 saturated carbocycles. The standard InChI is InChI=1S/C2H9NO6P2.C2H8NO3P/c4-10(5,6)1-3-2-11(7,8)9;1-3-2-7(4,5)6/h3H,1-2H2,(H2,4,5,6)(H2,7,8,9);3H,2H2,1H3,(H2,4,5,6). The molecule has 18 heavy (non-hydrogen) atoms. The molecule has 0 spiro atoms. The molecular weight excluding hydrogens is 313 g/mol. The Morgan fingerprint density at radius 2 is 1.00 bits per heavy atom. The van der Waals surface area contributed by atoms with Gasteiger partial charge < -0.3 is 34.7 Å². The van der Waals surface area contributed by atoms with Crippen LogP contribution in [0, 0.1) is 0 Å². The molecule has 0 atom stereocenters. The zero-order valence-corrected chi connectivity index (χ0v) is 12.1. The zero-order chi connectivity index (χ0) is 15.0. The van der Waals surface area contributed by atoms with Crippen molar-refractivity contribution >= 4 is 22.8 Å². The molecule has 0 heterocycles. The maximum Gasteiger partial charge on any atom is 0.339 e. The van der Waals surface area contributed by atoms with Crippen LogP contribution in [0.5, 0.6) is 0 Å². The minimum Gasteiger partial charge on any atom is -0.324 e. The van der Waals surface area contributed by atoms with Crippen LogP contribution < -0.4 is 10.6 Å². The Bertz CT molecular complexity index is 333. The third-order valence-corrected chi connectivity index (χ3v) is 3.00. The first kappa shape index (κ1) is 20.7. The molecular formula is C4H17N2O9P3. The molecule has 0 aliphatic heterocycles. The van der Waals surface area contributed by atoms with Crippen LogP contribution in [-0.2, 0) is 13.7 Å². The average Bonchev–Trinajstić information content (AvgIpc) is 1.96. The zero-order valence-electron chi connectivity index (χ0n) is 9.37. The minimum atomic E-state index is -4.21. The highest BCUT2D eigenvalue weighted by molar-refractivity contribution is 7.52. The first-order chi connectivity index (χ1) is 7.77. The lowest BCUT2D eigenvalue weighted by Gasteiger charge is -2.06. The quantitative estimate of drug-likeness (QED) is 0.255. The number of nitrogens with one attached hydrogen (secondary N) is 2. The number of rotatable bonds is 6. The van der Waals surface area contributed by atoms with Crippen molar-refractivity contribution in [2.75, 3.05) is 25.9 Å². The predicted octanol–water partition coefficient (Wildman–Crippen LogP) is -1.81. The Labute approximate surface area is 103 Å². The molecule has 0 amide bonds. The maximum atomic E-state index is 10.1. The van der Waals surface area contributed by atoms with Gasteiger partial charge in [0.1, 0.15) is 0 Å². The van der Waals surface area contributed by atoms with Gasteiger partial charge in [-0.15, -0.1) is 0 Å². The van der Waals surface area contributed by atoms with Gasteiger partial charge in [0.25, 0.3) is 0 Å². The molecule has 0 radical (unpaired) electrons. The van der Waals surface area contributed by atoms with E-state index in [1.54, 1.807) is 0 Å². The fourth-order valence-corrected chi connectivity index (χ4v) is 1.94. The molecule has 0 rings (SSSR count). The van der Waals surface area contributed by atoms with E-state index in [4.69, 9.17) is 29.4 Å². The molecule has 0 aliphatic carbocycles. The molecule has 0 aromatic heterocycles. The van der Waals surface area contributed by atoms with E-state index in [2.05, 4.69) is 5.32 Å². The van der Waals surface area contributed by atoms with Crippen molar-refractivity contribution in [3.05, 3.63) is 0 Å². The van der Waals surface area contributed by atoms with Crippen molar-refractivity contribution in [1.29, 1.82) is 0 Å². The van der Waals surface area contributed by atoms with Crippen molar-refractivity contribution in [2.45, 2.75) is 0 Å². The van der Waals surface area contributed by atoms with E-state index in [-0.39, 0.29) is 6.29 Å². The first-order valence-corrected chi connectivity index (χ1v) is 9.65. The average molecular weight is 330 g/mol. The van der Waals surface area contributed by atoms with Crippen LogP contribution in [0.2, 0.25) is 0 Å². The van der Waals surface area contributed by atoms with E-state index in [0.29, 0.717) is 0 Å². The van der Waals surface area contributed by atoms with Gasteiger partial charge in [-0.25, -0.2) is 0 Å². The van der Waals surface area contributed by atoms with Crippen LogP contribution in [0.25, 0.3) is 0 Å². The van der Waals surface area contributed by atoms with E-state index in [1.807, 2.05) is 5.32 Å². The van der Waals surface area contributed by atoms with Gasteiger partial charge in [-0.3, -0.25) is 19.0 Å². The summed E-state index contributed by atoms with van der Waals surface area (Å²) in [5, 5.41) is 4.28. The molecule has 11 nitrogen and oxygen atoms in total. The van der Waals surface area contributed by atoms with Crippen molar-refractivity contribution < 1.29 is 43.1 Å². The van der Waals surface area contributed by atoms with Gasteiger partial charge in [0.05, 0.1) is 18.9 Å². The van der Waals surface area contributed by atoms with Gasteiger partial charge in [-0.05, 0) is 7.05 Å². The third kappa shape index (κ3) is 25.3. The monoisotopic (exact) mass is 330 g/mol. The van der Waals surface area contributed by atoms with Crippen LogP contribution in [0.4, 0.5) is 0 Å². The predicted molar refractivity (Wildman–Crippen MR) is 62.9 cm³/mol. The fraction of sp³-hybridized carbons (Fsp3) is 1.00. The van der Waals surface area contributed by atoms with Gasteiger partial charge in [-0.2, -0.15) is 0 Å². The fourth-order valence-electron chi connectivity index (χ4n) is 0.547. The van der Waals surface area contributed by atoms with Crippen molar-refractivity contribution in [1.82, 2.24) is 10.6 Å². The first-order valence-electron chi connectivity index (χ1n) is 4.26. The number of hydrogen-bond donors (Lipinski definition) is 8. The Morgan fingerprint density at radius 1 is 0.722 bits per heavy atom. The molecule has 8 N–H and O–H groups in total. The summed E-state index contributed by atoms with van der Waals surface area (Å²) in [6.45, 7) is 0. The molecule has 0 aliphatic rings. The summed E-state index contributed by atoms with van der Waals surface area (Å²) in [7, 11) is -10.7. The summed E-state index contributed by atoms with van der Waals surface area (Å²) in [5.41, 5.74) is 0. The second-order valence-electron chi connectivity index (χ2n) is 3.07. The molecule has 14 heteroatoms. The van der Waals surface area contributed by atoms with Gasteiger partial charge in [0.15, 0.2) is 0 Å². The molecule has 0 aromatic carbocycles. The van der Waals surface area contributed by atoms with Crippen molar-refractivity contribution in [3.63, 3.8) is 0 Å². The minimum absolute atomic E-state index is 0.243. The topological polar surface area (TPSA) is 197 Å². The normalized spacial score (nSPS) is 12.8. The SMILES string of the molecule is CNCP(=O)(O)O.O=P(O)(O)CNCP(=O)(O)O. The van der Waals surface area contributed by atoms with E-state index >= 15 is 0 Å². The summed E-state index contributed by atoms with van der Waals surface area (Å²) >= 11 is 0. The lowest BCUT2D eigenvalue weighted by atomic mass is 11.2. The largest absolute Gasteiger partial charge is 0.339 e. The Morgan fingerprint density at radius 3 is 1.11 bits per heavy atom. The van der Waals surface area contributed by atoms with Crippen molar-refractivity contribution in [3.8, 4) is 0 Å². The van der Waals surface area contributed by atoms with Gasteiger partial charge in [-0.1, -0.05) is 0 Å². The molecule has 0 saturated heterocycles. The summed E-state index contributed by atoms with van der Waals surface area (Å²) in [4.78, 5) is 49.0. The summed E-state index contributed by atoms with van der Waals surface area (Å²) in [6, 6.07) is 0. The Balaban J connectivity index is 0. The second kappa shape index (κ2) is 8.52. The second-order valence-corrected chi connectivity index (χ2v) is 8.01. The van der Waals surface area contributed by atoms with Gasteiger partial charge >= 0.3 is 22.8 Å². The highest BCUT2D eigenvalue weighted by Crippen LogP contribution is 2.36. The Hall–Kier alpha value is 0.370. The third-order valence-electron chi connectivity index (χ3n) is 1.000. The van der Waals surface area contributed by atoms with Crippen LogP contribution in [0.15, 0.2) is 0 Å². The smallest absolute Gasteiger partial charge is 0.324 e. The summed E-state index contributed by atoms with van der Waals surface area (Å²) < 4.78 is 30.1. The lowest BCUT2D eigenvalue weighted by Crippen LogP contribution is -2.16. The van der Waals surface area contributed by atoms with E-state index in [9.17, 15) is 13.7 Å². The van der Waals surface area contributed by atoms with Crippen LogP contribution in [0.3, 0.4) is 0 Å². The lowest BCUT2D eigenvalue weighted by molar-refractivity contribution is 0.360. The van der Waals surface area contributed by atoms with E-state index in [0.717, 1.165) is 0 Å². The van der Waals surface area contributed by atoms with E-state index < -0.39 is 35.4 Å². The molecule has 0 aromatic rings. The van der Waals surface area contributed by atoms with Crippen LogP contribution >= 0.6 is 22.8 Å². The maximum absolute atomic E-state index is 10.1. The highest BCUT2D eigenvalue weighted by atomic mass is 31.2. The molecule has 0 bridgehead atoms. The van der Waals surface area contributed by atoms with Crippen molar-refractivity contribution in [2.24, 2.45) is 0 Å². The summed E-state index contributed by atoms with van der Waals surface area (Å²) in [5.74, 6) is 0. The molecule has 0 fully saturated rings. The van der Waals surface area contributed by atoms with Gasteiger partial charge in [0, 0.05) is 0 Å². The van der Waals surface area contributed by atoms with Gasteiger partial charge in [0.2, 0.25) is 0 Å². The van der Waals surface area contributed by atoms with Crippen LogP contribution in [-0.4, -0.2) is 55.3 Å². The molecule has 112 valence electrons. The van der Waals surface area contributed by atoms with Crippen LogP contribution in [0.1, 0.15) is 0 Å². The highest BCUT2D eigenvalue weighted by Gasteiger charge is 2.16. The number of hydrogen-bond acceptors (Lipinski definition) is 5. The summed E-state index contributed by atoms with van der Waals surface area (Å²) in [6.07, 6.45) is -1.69. The Kier molecular flexibility index (Phi) is 9.79. The molecule has 0 unspecified atom stereocenters.